The van der Waals surface area contributed by atoms with Gasteiger partial charge in [0, 0.05) is 43.0 Å². The number of aromatic nitrogens is 2. The maximum atomic E-state index is 15.1. The summed E-state index contributed by atoms with van der Waals surface area (Å²) in [6, 6.07) is 14.8. The number of hydrogen-bond donors (Lipinski definition) is 2. The van der Waals surface area contributed by atoms with Gasteiger partial charge in [0.1, 0.15) is 5.82 Å². The van der Waals surface area contributed by atoms with Crippen molar-refractivity contribution in [2.45, 2.75) is 6.92 Å². The number of fused-ring (bicyclic) bond motifs is 1. The van der Waals surface area contributed by atoms with Crippen LogP contribution in [0.2, 0.25) is 0 Å². The number of carbonyl (C=O) groups excluding carboxylic acids is 1. The predicted octanol–water partition coefficient (Wildman–Crippen LogP) is 4.91. The van der Waals surface area contributed by atoms with Crippen molar-refractivity contribution in [2.24, 2.45) is 0 Å². The number of aromatic amines is 1. The third kappa shape index (κ3) is 4.49. The fourth-order valence-corrected chi connectivity index (χ4v) is 4.57. The lowest BCUT2D eigenvalue weighted by Gasteiger charge is -2.35. The molecule has 0 radical (unpaired) electrons. The lowest BCUT2D eigenvalue weighted by atomic mass is 10.0. The summed E-state index contributed by atoms with van der Waals surface area (Å²) in [4.78, 5) is 17.6. The summed E-state index contributed by atoms with van der Waals surface area (Å²) in [6.07, 6.45) is 0. The van der Waals surface area contributed by atoms with Crippen LogP contribution < -0.4 is 15.0 Å². The quantitative estimate of drug-likeness (QED) is 0.401. The van der Waals surface area contributed by atoms with Gasteiger partial charge in [-0.15, -0.1) is 0 Å². The minimum absolute atomic E-state index is 0.0693. The van der Waals surface area contributed by atoms with Crippen molar-refractivity contribution in [1.82, 2.24) is 15.1 Å². The second kappa shape index (κ2) is 9.94. The van der Waals surface area contributed by atoms with Gasteiger partial charge in [-0.25, -0.2) is 8.78 Å². The van der Waals surface area contributed by atoms with Gasteiger partial charge >= 0.3 is 0 Å². The molecule has 5 rings (SSSR count). The van der Waals surface area contributed by atoms with Crippen LogP contribution >= 0.6 is 0 Å². The Kier molecular flexibility index (Phi) is 6.56. The highest BCUT2D eigenvalue weighted by atomic mass is 19.1. The number of amides is 1. The van der Waals surface area contributed by atoms with Crippen molar-refractivity contribution < 1.29 is 18.3 Å². The van der Waals surface area contributed by atoms with Gasteiger partial charge in [-0.3, -0.25) is 9.89 Å². The van der Waals surface area contributed by atoms with E-state index in [1.807, 2.05) is 12.1 Å². The summed E-state index contributed by atoms with van der Waals surface area (Å²) in [6.45, 7) is 7.14. The molecule has 0 aliphatic carbocycles. The third-order valence-corrected chi connectivity index (χ3v) is 6.66. The summed E-state index contributed by atoms with van der Waals surface area (Å²) in [5.41, 5.74) is 2.37. The first-order chi connectivity index (χ1) is 17.5. The van der Waals surface area contributed by atoms with Crippen LogP contribution in [-0.2, 0) is 0 Å². The molecular weight excluding hydrogens is 464 g/mol. The number of carbonyl (C=O) groups is 1. The molecule has 1 saturated heterocycles. The Morgan fingerprint density at radius 2 is 1.83 bits per heavy atom. The molecule has 9 heteroatoms. The van der Waals surface area contributed by atoms with Gasteiger partial charge in [0.2, 0.25) is 0 Å². The minimum Gasteiger partial charge on any atom is -0.494 e. The van der Waals surface area contributed by atoms with Gasteiger partial charge in [-0.2, -0.15) is 5.10 Å². The molecule has 1 aromatic heterocycles. The highest BCUT2D eigenvalue weighted by Gasteiger charge is 2.19. The van der Waals surface area contributed by atoms with Crippen molar-refractivity contribution in [3.63, 3.8) is 0 Å². The van der Waals surface area contributed by atoms with Crippen LogP contribution in [0, 0.1) is 11.6 Å². The van der Waals surface area contributed by atoms with E-state index in [0.29, 0.717) is 16.6 Å². The molecule has 3 aromatic carbocycles. The van der Waals surface area contributed by atoms with E-state index in [9.17, 15) is 9.18 Å². The van der Waals surface area contributed by atoms with Crippen molar-refractivity contribution in [3.8, 4) is 16.9 Å². The number of anilines is 2. The zero-order valence-corrected chi connectivity index (χ0v) is 20.1. The second-order valence-corrected chi connectivity index (χ2v) is 8.70. The number of methoxy groups -OCH3 is 1. The maximum Gasteiger partial charge on any atom is 0.256 e. The molecule has 2 heterocycles. The van der Waals surface area contributed by atoms with E-state index in [1.54, 1.807) is 30.3 Å². The minimum atomic E-state index is -0.629. The molecule has 0 saturated carbocycles. The second-order valence-electron chi connectivity index (χ2n) is 8.70. The summed E-state index contributed by atoms with van der Waals surface area (Å²) in [5, 5.41) is 9.64. The maximum absolute atomic E-state index is 15.1. The lowest BCUT2D eigenvalue weighted by molar-refractivity contribution is 0.102. The molecular formula is C27H27F2N5O2. The van der Waals surface area contributed by atoms with Crippen LogP contribution in [0.5, 0.6) is 5.75 Å². The van der Waals surface area contributed by atoms with Crippen LogP contribution in [0.4, 0.5) is 20.3 Å². The number of hydrogen-bond acceptors (Lipinski definition) is 5. The number of likely N-dealkylation sites (N-methyl/N-ethyl adjacent to an activating group) is 1. The van der Waals surface area contributed by atoms with Crippen LogP contribution in [0.15, 0.2) is 54.6 Å². The number of benzene rings is 3. The van der Waals surface area contributed by atoms with E-state index in [0.717, 1.165) is 38.4 Å². The number of nitrogens with zero attached hydrogens (tertiary/aromatic N) is 3. The number of rotatable bonds is 6. The molecule has 0 unspecified atom stereocenters. The summed E-state index contributed by atoms with van der Waals surface area (Å²) in [7, 11) is 1.37. The predicted molar refractivity (Wildman–Crippen MR) is 137 cm³/mol. The number of H-pyrrole nitrogens is 1. The van der Waals surface area contributed by atoms with Crippen molar-refractivity contribution in [2.75, 3.05) is 50.1 Å². The van der Waals surface area contributed by atoms with E-state index in [2.05, 4.69) is 32.2 Å². The Morgan fingerprint density at radius 3 is 2.53 bits per heavy atom. The monoisotopic (exact) mass is 491 g/mol. The van der Waals surface area contributed by atoms with Gasteiger partial charge in [0.25, 0.3) is 5.91 Å². The van der Waals surface area contributed by atoms with E-state index in [1.165, 1.54) is 19.2 Å². The molecule has 1 aliphatic rings. The fraction of sp³-hybridized carbons (Fsp3) is 0.259. The Labute approximate surface area is 207 Å². The van der Waals surface area contributed by atoms with Crippen molar-refractivity contribution >= 4 is 28.3 Å². The van der Waals surface area contributed by atoms with E-state index in [-0.39, 0.29) is 22.5 Å². The zero-order valence-electron chi connectivity index (χ0n) is 20.1. The lowest BCUT2D eigenvalue weighted by Crippen LogP contribution is -2.46. The topological polar surface area (TPSA) is 73.5 Å². The van der Waals surface area contributed by atoms with E-state index < -0.39 is 17.5 Å². The zero-order chi connectivity index (χ0) is 25.2. The smallest absolute Gasteiger partial charge is 0.256 e. The van der Waals surface area contributed by atoms with Crippen LogP contribution in [-0.4, -0.2) is 60.8 Å². The largest absolute Gasteiger partial charge is 0.494 e. The van der Waals surface area contributed by atoms with Gasteiger partial charge < -0.3 is 19.9 Å². The van der Waals surface area contributed by atoms with Gasteiger partial charge in [-0.05, 0) is 54.6 Å². The molecule has 0 atom stereocenters. The SMILES string of the molecule is CCN1CCN(c2ccc(C(=O)Nc3n[nH]c4cc(-c5cccc(OC)c5F)cc(F)c34)cc2)CC1. The Bertz CT molecular complexity index is 1400. The summed E-state index contributed by atoms with van der Waals surface area (Å²) < 4.78 is 34.9. The summed E-state index contributed by atoms with van der Waals surface area (Å²) in [5.74, 6) is -1.46. The number of halogens is 2. The van der Waals surface area contributed by atoms with Crippen molar-refractivity contribution in [3.05, 3.63) is 71.8 Å². The first-order valence-electron chi connectivity index (χ1n) is 11.9. The highest BCUT2D eigenvalue weighted by Crippen LogP contribution is 2.34. The van der Waals surface area contributed by atoms with E-state index >= 15 is 4.39 Å². The molecule has 2 N–H and O–H groups in total. The van der Waals surface area contributed by atoms with Crippen molar-refractivity contribution in [1.29, 1.82) is 0 Å². The molecule has 0 spiro atoms. The molecule has 1 aliphatic heterocycles. The van der Waals surface area contributed by atoms with Gasteiger partial charge in [0.05, 0.1) is 18.0 Å². The standard InChI is InChI=1S/C27H27F2N5O2/c1-3-33-11-13-34(14-12-33)19-9-7-17(8-10-19)27(35)30-26-24-21(28)15-18(16-22(24)31-32-26)20-5-4-6-23(36-2)25(20)29/h4-10,15-16H,3,11-14H2,1-2H3,(H2,30,31,32,35). The van der Waals surface area contributed by atoms with Gasteiger partial charge in [0.15, 0.2) is 17.4 Å². The molecule has 1 amide bonds. The fourth-order valence-electron chi connectivity index (χ4n) is 4.57. The number of nitrogens with one attached hydrogen (secondary N) is 2. The van der Waals surface area contributed by atoms with E-state index in [4.69, 9.17) is 4.74 Å². The Balaban J connectivity index is 1.34. The van der Waals surface area contributed by atoms with Gasteiger partial charge in [-0.1, -0.05) is 19.1 Å². The first-order valence-corrected chi connectivity index (χ1v) is 11.9. The Hall–Kier alpha value is -3.98. The molecule has 36 heavy (non-hydrogen) atoms. The van der Waals surface area contributed by atoms with Crippen LogP contribution in [0.3, 0.4) is 0 Å². The third-order valence-electron chi connectivity index (χ3n) is 6.66. The van der Waals surface area contributed by atoms with Crippen LogP contribution in [0.1, 0.15) is 17.3 Å². The summed E-state index contributed by atoms with van der Waals surface area (Å²) >= 11 is 0. The molecule has 1 fully saturated rings. The van der Waals surface area contributed by atoms with Crippen LogP contribution in [0.25, 0.3) is 22.0 Å². The first kappa shape index (κ1) is 23.7. The average molecular weight is 492 g/mol. The average Bonchev–Trinajstić information content (AvgIpc) is 3.32. The Morgan fingerprint density at radius 1 is 1.08 bits per heavy atom. The highest BCUT2D eigenvalue weighted by molar-refractivity contribution is 6.08. The molecule has 4 aromatic rings. The normalized spacial score (nSPS) is 14.3. The molecule has 0 bridgehead atoms. The molecule has 7 nitrogen and oxygen atoms in total. The number of piperazine rings is 1. The molecule has 186 valence electrons. The number of ether oxygens (including phenoxy) is 1.